The average Bonchev–Trinajstić information content (AvgIpc) is 3.17. The Morgan fingerprint density at radius 3 is 2.63 bits per heavy atom. The Balaban J connectivity index is 1.41. The molecule has 1 aliphatic rings. The molecular formula is C22H23FN2O2. The molecule has 0 N–H and O–H groups in total. The van der Waals surface area contributed by atoms with E-state index in [-0.39, 0.29) is 5.75 Å². The molecule has 3 aromatic rings. The van der Waals surface area contributed by atoms with Crippen LogP contribution in [0.3, 0.4) is 0 Å². The summed E-state index contributed by atoms with van der Waals surface area (Å²) in [6.07, 6.45) is 5.45. The van der Waals surface area contributed by atoms with Crippen molar-refractivity contribution in [3.8, 4) is 17.2 Å². The molecule has 2 aromatic carbocycles. The topological polar surface area (TPSA) is 38.5 Å². The second kappa shape index (κ2) is 8.35. The van der Waals surface area contributed by atoms with E-state index in [1.54, 1.807) is 18.4 Å². The van der Waals surface area contributed by atoms with E-state index in [9.17, 15) is 4.39 Å². The number of likely N-dealkylation sites (tertiary alicyclic amines) is 1. The third-order valence-corrected chi connectivity index (χ3v) is 4.80. The quantitative estimate of drug-likeness (QED) is 0.612. The van der Waals surface area contributed by atoms with Crippen molar-refractivity contribution in [3.05, 3.63) is 71.9 Å². The van der Waals surface area contributed by atoms with Crippen molar-refractivity contribution in [2.75, 3.05) is 13.1 Å². The van der Waals surface area contributed by atoms with E-state index in [4.69, 9.17) is 9.15 Å². The normalized spacial score (nSPS) is 15.0. The number of ether oxygens (including phenoxy) is 1. The minimum absolute atomic E-state index is 0.225. The molecule has 27 heavy (non-hydrogen) atoms. The Morgan fingerprint density at radius 2 is 1.85 bits per heavy atom. The molecule has 0 saturated carbocycles. The number of aromatic nitrogens is 1. The van der Waals surface area contributed by atoms with Gasteiger partial charge in [-0.2, -0.15) is 0 Å². The van der Waals surface area contributed by atoms with Gasteiger partial charge in [0, 0.05) is 12.1 Å². The zero-order chi connectivity index (χ0) is 18.5. The van der Waals surface area contributed by atoms with Gasteiger partial charge in [0.1, 0.15) is 12.9 Å². The minimum atomic E-state index is -0.417. The molecule has 0 bridgehead atoms. The highest BCUT2D eigenvalue weighted by atomic mass is 19.1. The molecule has 4 rings (SSSR count). The second-order valence-corrected chi connectivity index (χ2v) is 6.90. The second-order valence-electron chi connectivity index (χ2n) is 6.90. The standard InChI is InChI=1S/C22H23FN2O2/c23-20-13-18(9-10-21(20)26-15-17-7-3-1-4-8-17)22-24-19(16-27-22)14-25-11-5-2-6-12-25/h1,3-4,7-10,13,16H,2,5-6,11-12,14-15H2. The molecule has 1 saturated heterocycles. The Hall–Kier alpha value is -2.66. The van der Waals surface area contributed by atoms with Crippen LogP contribution in [-0.4, -0.2) is 23.0 Å². The number of oxazole rings is 1. The summed E-state index contributed by atoms with van der Waals surface area (Å²) in [5.74, 6) is 0.248. The van der Waals surface area contributed by atoms with Gasteiger partial charge in [-0.1, -0.05) is 36.8 Å². The highest BCUT2D eigenvalue weighted by Crippen LogP contribution is 2.26. The number of benzene rings is 2. The molecule has 0 aliphatic carbocycles. The van der Waals surface area contributed by atoms with Crippen LogP contribution in [0.25, 0.3) is 11.5 Å². The molecule has 5 heteroatoms. The first-order chi connectivity index (χ1) is 13.3. The van der Waals surface area contributed by atoms with E-state index in [0.717, 1.165) is 30.9 Å². The molecule has 1 aliphatic heterocycles. The first-order valence-electron chi connectivity index (χ1n) is 9.41. The fourth-order valence-electron chi connectivity index (χ4n) is 3.35. The van der Waals surface area contributed by atoms with Gasteiger partial charge in [0.05, 0.1) is 5.69 Å². The van der Waals surface area contributed by atoms with E-state index < -0.39 is 5.82 Å². The van der Waals surface area contributed by atoms with Gasteiger partial charge in [0.25, 0.3) is 0 Å². The molecule has 1 fully saturated rings. The molecule has 140 valence electrons. The summed E-state index contributed by atoms with van der Waals surface area (Å²) in [5.41, 5.74) is 2.50. The van der Waals surface area contributed by atoms with E-state index in [0.29, 0.717) is 18.1 Å². The van der Waals surface area contributed by atoms with E-state index in [1.807, 2.05) is 30.3 Å². The van der Waals surface area contributed by atoms with Crippen molar-refractivity contribution in [2.24, 2.45) is 0 Å². The van der Waals surface area contributed by atoms with Gasteiger partial charge >= 0.3 is 0 Å². The van der Waals surface area contributed by atoms with Gasteiger partial charge in [-0.05, 0) is 49.7 Å². The average molecular weight is 366 g/mol. The van der Waals surface area contributed by atoms with Gasteiger partial charge in [0.2, 0.25) is 5.89 Å². The van der Waals surface area contributed by atoms with Crippen LogP contribution in [0.15, 0.2) is 59.2 Å². The maximum absolute atomic E-state index is 14.4. The lowest BCUT2D eigenvalue weighted by Gasteiger charge is -2.25. The van der Waals surface area contributed by atoms with E-state index >= 15 is 0 Å². The van der Waals surface area contributed by atoms with Gasteiger partial charge in [-0.25, -0.2) is 9.37 Å². The SMILES string of the molecule is Fc1cc(-c2nc(CN3CCCCC3)co2)ccc1OCc1ccccc1. The first kappa shape index (κ1) is 17.7. The molecule has 0 atom stereocenters. The highest BCUT2D eigenvalue weighted by Gasteiger charge is 2.15. The smallest absolute Gasteiger partial charge is 0.226 e. The predicted octanol–water partition coefficient (Wildman–Crippen LogP) is 5.05. The number of rotatable bonds is 6. The van der Waals surface area contributed by atoms with Crippen molar-refractivity contribution in [2.45, 2.75) is 32.4 Å². The van der Waals surface area contributed by atoms with Crippen LogP contribution in [0.1, 0.15) is 30.5 Å². The van der Waals surface area contributed by atoms with Gasteiger partial charge in [-0.15, -0.1) is 0 Å². The van der Waals surface area contributed by atoms with Crippen LogP contribution >= 0.6 is 0 Å². The van der Waals surface area contributed by atoms with Crippen molar-refractivity contribution >= 4 is 0 Å². The van der Waals surface area contributed by atoms with Crippen LogP contribution < -0.4 is 4.74 Å². The van der Waals surface area contributed by atoms with Crippen LogP contribution in [0, 0.1) is 5.82 Å². The Labute approximate surface area is 158 Å². The molecular weight excluding hydrogens is 343 g/mol. The lowest BCUT2D eigenvalue weighted by molar-refractivity contribution is 0.218. The zero-order valence-electron chi connectivity index (χ0n) is 15.2. The molecule has 1 aromatic heterocycles. The highest BCUT2D eigenvalue weighted by molar-refractivity contribution is 5.55. The van der Waals surface area contributed by atoms with Crippen molar-refractivity contribution < 1.29 is 13.5 Å². The van der Waals surface area contributed by atoms with Gasteiger partial charge < -0.3 is 9.15 Å². The van der Waals surface area contributed by atoms with Crippen LogP contribution in [0.4, 0.5) is 4.39 Å². The lowest BCUT2D eigenvalue weighted by atomic mass is 10.1. The Bertz CT molecular complexity index is 873. The number of piperidine rings is 1. The minimum Gasteiger partial charge on any atom is -0.486 e. The molecule has 4 nitrogen and oxygen atoms in total. The van der Waals surface area contributed by atoms with Crippen molar-refractivity contribution in [1.29, 1.82) is 0 Å². The first-order valence-corrected chi connectivity index (χ1v) is 9.41. The fourth-order valence-corrected chi connectivity index (χ4v) is 3.35. The Morgan fingerprint density at radius 1 is 1.04 bits per heavy atom. The van der Waals surface area contributed by atoms with Crippen LogP contribution in [0.2, 0.25) is 0 Å². The molecule has 0 radical (unpaired) electrons. The molecule has 0 amide bonds. The van der Waals surface area contributed by atoms with Gasteiger partial charge in [-0.3, -0.25) is 4.90 Å². The predicted molar refractivity (Wildman–Crippen MR) is 102 cm³/mol. The molecule has 2 heterocycles. The monoisotopic (exact) mass is 366 g/mol. The van der Waals surface area contributed by atoms with Crippen molar-refractivity contribution in [1.82, 2.24) is 9.88 Å². The maximum Gasteiger partial charge on any atom is 0.226 e. The van der Waals surface area contributed by atoms with Crippen LogP contribution in [-0.2, 0) is 13.2 Å². The number of halogens is 1. The summed E-state index contributed by atoms with van der Waals surface area (Å²) in [5, 5.41) is 0. The third-order valence-electron chi connectivity index (χ3n) is 4.80. The summed E-state index contributed by atoms with van der Waals surface area (Å²) in [6.45, 7) is 3.31. The zero-order valence-corrected chi connectivity index (χ0v) is 15.2. The summed E-state index contributed by atoms with van der Waals surface area (Å²) in [7, 11) is 0. The fraction of sp³-hybridized carbons (Fsp3) is 0.318. The summed E-state index contributed by atoms with van der Waals surface area (Å²) >= 11 is 0. The van der Waals surface area contributed by atoms with E-state index in [2.05, 4.69) is 9.88 Å². The summed E-state index contributed by atoms with van der Waals surface area (Å²) < 4.78 is 25.6. The summed E-state index contributed by atoms with van der Waals surface area (Å²) in [4.78, 5) is 6.90. The number of hydrogen-bond acceptors (Lipinski definition) is 4. The Kier molecular flexibility index (Phi) is 5.49. The molecule has 0 unspecified atom stereocenters. The van der Waals surface area contributed by atoms with Crippen LogP contribution in [0.5, 0.6) is 5.75 Å². The number of nitrogens with zero attached hydrogens (tertiary/aromatic N) is 2. The van der Waals surface area contributed by atoms with E-state index in [1.165, 1.54) is 25.3 Å². The van der Waals surface area contributed by atoms with Crippen molar-refractivity contribution in [3.63, 3.8) is 0 Å². The number of hydrogen-bond donors (Lipinski definition) is 0. The van der Waals surface area contributed by atoms with Gasteiger partial charge in [0.15, 0.2) is 11.6 Å². The lowest BCUT2D eigenvalue weighted by Crippen LogP contribution is -2.29. The molecule has 0 spiro atoms. The maximum atomic E-state index is 14.4. The largest absolute Gasteiger partial charge is 0.486 e. The summed E-state index contributed by atoms with van der Waals surface area (Å²) in [6, 6.07) is 14.5. The third kappa shape index (κ3) is 4.55.